The number of carbonyl (C=O) groups excluding carboxylic acids is 2. The molecule has 0 radical (unpaired) electrons. The molecule has 1 aliphatic heterocycles. The van der Waals surface area contributed by atoms with Gasteiger partial charge in [0.05, 0.1) is 5.82 Å². The van der Waals surface area contributed by atoms with Gasteiger partial charge in [-0.2, -0.15) is 0 Å². The van der Waals surface area contributed by atoms with E-state index in [9.17, 15) is 9.59 Å². The van der Waals surface area contributed by atoms with Crippen molar-refractivity contribution in [2.24, 2.45) is 0 Å². The lowest BCUT2D eigenvalue weighted by Gasteiger charge is -2.26. The normalized spacial score (nSPS) is 25.4. The lowest BCUT2D eigenvalue weighted by Crippen LogP contribution is -2.53. The fourth-order valence-electron chi connectivity index (χ4n) is 0.821. The SMILES string of the molecule is BC1C(=N)NC(=O)N(C)C1=O. The van der Waals surface area contributed by atoms with E-state index in [1.165, 1.54) is 7.05 Å². The summed E-state index contributed by atoms with van der Waals surface area (Å²) in [5.41, 5.74) is 0. The van der Waals surface area contributed by atoms with Crippen LogP contribution < -0.4 is 5.32 Å². The van der Waals surface area contributed by atoms with Crippen molar-refractivity contribution < 1.29 is 9.59 Å². The molecule has 1 fully saturated rings. The Kier molecular flexibility index (Phi) is 1.68. The van der Waals surface area contributed by atoms with E-state index in [0.717, 1.165) is 4.90 Å². The summed E-state index contributed by atoms with van der Waals surface area (Å²) < 4.78 is 0. The van der Waals surface area contributed by atoms with Crippen LogP contribution in [0.25, 0.3) is 0 Å². The zero-order valence-corrected chi connectivity index (χ0v) is 6.34. The van der Waals surface area contributed by atoms with Crippen LogP contribution in [0.15, 0.2) is 0 Å². The van der Waals surface area contributed by atoms with Gasteiger partial charge in [-0.25, -0.2) is 4.79 Å². The van der Waals surface area contributed by atoms with Gasteiger partial charge in [0, 0.05) is 7.05 Å². The Labute approximate surface area is 64.7 Å². The highest BCUT2D eigenvalue weighted by molar-refractivity contribution is 6.40. The minimum Gasteiger partial charge on any atom is -0.296 e. The number of rotatable bonds is 0. The lowest BCUT2D eigenvalue weighted by atomic mass is 9.84. The van der Waals surface area contributed by atoms with Crippen LogP contribution in [-0.2, 0) is 4.79 Å². The zero-order valence-electron chi connectivity index (χ0n) is 6.34. The highest BCUT2D eigenvalue weighted by Crippen LogP contribution is 2.09. The van der Waals surface area contributed by atoms with Crippen molar-refractivity contribution in [3.63, 3.8) is 0 Å². The third kappa shape index (κ3) is 1.11. The molecule has 0 saturated carbocycles. The Bertz CT molecular complexity index is 218. The molecule has 1 saturated heterocycles. The fourth-order valence-corrected chi connectivity index (χ4v) is 0.821. The smallest absolute Gasteiger partial charge is 0.296 e. The first-order valence-electron chi connectivity index (χ1n) is 3.21. The first-order valence-corrected chi connectivity index (χ1v) is 3.21. The van der Waals surface area contributed by atoms with Gasteiger partial charge in [0.25, 0.3) is 0 Å². The lowest BCUT2D eigenvalue weighted by molar-refractivity contribution is -0.126. The van der Waals surface area contributed by atoms with Crippen molar-refractivity contribution in [1.29, 1.82) is 5.41 Å². The molecule has 1 heterocycles. The van der Waals surface area contributed by atoms with E-state index in [1.807, 2.05) is 0 Å². The highest BCUT2D eigenvalue weighted by Gasteiger charge is 2.31. The van der Waals surface area contributed by atoms with E-state index in [4.69, 9.17) is 5.41 Å². The Balaban J connectivity index is 2.87. The second kappa shape index (κ2) is 2.37. The van der Waals surface area contributed by atoms with E-state index in [1.54, 1.807) is 7.85 Å². The molecule has 1 aliphatic rings. The van der Waals surface area contributed by atoms with Crippen molar-refractivity contribution in [2.75, 3.05) is 7.05 Å². The van der Waals surface area contributed by atoms with E-state index in [0.29, 0.717) is 0 Å². The standard InChI is InChI=1S/C5H8BN3O2/c1-9-4(10)2(6)3(7)8-5(9)11/h2H,6H2,1H3,(H2,7,8,11). The van der Waals surface area contributed by atoms with Crippen LogP contribution in [0.5, 0.6) is 0 Å². The molecule has 0 aromatic rings. The molecule has 1 rings (SSSR count). The monoisotopic (exact) mass is 153 g/mol. The number of carbonyl (C=O) groups is 2. The minimum absolute atomic E-state index is 0.0295. The molecule has 2 N–H and O–H groups in total. The Morgan fingerprint density at radius 2 is 2.18 bits per heavy atom. The highest BCUT2D eigenvalue weighted by atomic mass is 16.2. The van der Waals surface area contributed by atoms with E-state index < -0.39 is 11.8 Å². The summed E-state index contributed by atoms with van der Waals surface area (Å²) in [5.74, 6) is -0.894. The summed E-state index contributed by atoms with van der Waals surface area (Å²) >= 11 is 0. The van der Waals surface area contributed by atoms with E-state index in [-0.39, 0.29) is 11.7 Å². The van der Waals surface area contributed by atoms with Crippen LogP contribution in [0, 0.1) is 5.41 Å². The van der Waals surface area contributed by atoms with E-state index in [2.05, 4.69) is 5.32 Å². The average molecular weight is 153 g/mol. The summed E-state index contributed by atoms with van der Waals surface area (Å²) in [6.45, 7) is 0. The topological polar surface area (TPSA) is 73.3 Å². The second-order valence-corrected chi connectivity index (χ2v) is 2.46. The molecule has 0 spiro atoms. The summed E-state index contributed by atoms with van der Waals surface area (Å²) in [6, 6.07) is -0.530. The van der Waals surface area contributed by atoms with Gasteiger partial charge >= 0.3 is 6.03 Å². The number of amidine groups is 1. The quantitative estimate of drug-likeness (QED) is 0.418. The number of urea groups is 1. The largest absolute Gasteiger partial charge is 0.329 e. The van der Waals surface area contributed by atoms with Crippen molar-refractivity contribution in [3.05, 3.63) is 0 Å². The molecule has 1 atom stereocenters. The summed E-state index contributed by atoms with van der Waals surface area (Å²) in [6.07, 6.45) is 0. The predicted octanol–water partition coefficient (Wildman–Crippen LogP) is -1.43. The van der Waals surface area contributed by atoms with Crippen LogP contribution in [0.2, 0.25) is 5.82 Å². The average Bonchev–Trinajstić information content (AvgIpc) is 1.97. The second-order valence-electron chi connectivity index (χ2n) is 2.46. The van der Waals surface area contributed by atoms with Crippen molar-refractivity contribution in [1.82, 2.24) is 10.2 Å². The molecular weight excluding hydrogens is 145 g/mol. The fraction of sp³-hybridized carbons (Fsp3) is 0.400. The van der Waals surface area contributed by atoms with Crippen LogP contribution in [0.3, 0.4) is 0 Å². The number of hydrogen-bond acceptors (Lipinski definition) is 3. The van der Waals surface area contributed by atoms with Crippen molar-refractivity contribution in [2.45, 2.75) is 5.82 Å². The van der Waals surface area contributed by atoms with Gasteiger partial charge in [0.1, 0.15) is 13.7 Å². The maximum Gasteiger partial charge on any atom is 0.329 e. The molecule has 11 heavy (non-hydrogen) atoms. The minimum atomic E-state index is -0.530. The molecule has 6 heteroatoms. The Morgan fingerprint density at radius 1 is 1.64 bits per heavy atom. The molecule has 58 valence electrons. The van der Waals surface area contributed by atoms with Crippen molar-refractivity contribution in [3.8, 4) is 0 Å². The van der Waals surface area contributed by atoms with E-state index >= 15 is 0 Å². The maximum absolute atomic E-state index is 11.1. The van der Waals surface area contributed by atoms with Gasteiger partial charge in [-0.3, -0.25) is 20.4 Å². The van der Waals surface area contributed by atoms with Gasteiger partial charge in [-0.1, -0.05) is 0 Å². The van der Waals surface area contributed by atoms with Gasteiger partial charge in [-0.05, 0) is 0 Å². The summed E-state index contributed by atoms with van der Waals surface area (Å²) in [5, 5.41) is 9.42. The Hall–Kier alpha value is -1.33. The van der Waals surface area contributed by atoms with Gasteiger partial charge in [0.2, 0.25) is 5.91 Å². The zero-order chi connectivity index (χ0) is 8.59. The molecule has 0 aromatic heterocycles. The number of imide groups is 1. The molecule has 0 aromatic carbocycles. The number of nitrogens with zero attached hydrogens (tertiary/aromatic N) is 1. The van der Waals surface area contributed by atoms with Gasteiger partial charge in [0.15, 0.2) is 0 Å². The van der Waals surface area contributed by atoms with Gasteiger partial charge < -0.3 is 0 Å². The van der Waals surface area contributed by atoms with Gasteiger partial charge in [-0.15, -0.1) is 0 Å². The van der Waals surface area contributed by atoms with Crippen LogP contribution in [0.1, 0.15) is 0 Å². The first kappa shape index (κ1) is 7.78. The van der Waals surface area contributed by atoms with Crippen LogP contribution in [-0.4, -0.2) is 37.6 Å². The number of nitrogens with one attached hydrogen (secondary N) is 2. The van der Waals surface area contributed by atoms with Crippen molar-refractivity contribution >= 4 is 25.6 Å². The maximum atomic E-state index is 11.1. The predicted molar refractivity (Wildman–Crippen MR) is 41.3 cm³/mol. The number of amides is 3. The third-order valence-corrected chi connectivity index (χ3v) is 1.68. The molecule has 5 nitrogen and oxygen atoms in total. The number of hydrogen-bond donors (Lipinski definition) is 2. The summed E-state index contributed by atoms with van der Waals surface area (Å²) in [7, 11) is 2.97. The first-order chi connectivity index (χ1) is 5.04. The summed E-state index contributed by atoms with van der Waals surface area (Å²) in [4.78, 5) is 22.9. The molecule has 1 unspecified atom stereocenters. The Morgan fingerprint density at radius 3 is 2.73 bits per heavy atom. The van der Waals surface area contributed by atoms with Crippen LogP contribution in [0.4, 0.5) is 4.79 Å². The third-order valence-electron chi connectivity index (χ3n) is 1.68. The molecular formula is C5H8BN3O2. The molecule has 0 bridgehead atoms. The van der Waals surface area contributed by atoms with Crippen LogP contribution >= 0.6 is 0 Å². The molecule has 3 amide bonds. The molecule has 0 aliphatic carbocycles.